The van der Waals surface area contributed by atoms with Crippen molar-refractivity contribution in [3.63, 3.8) is 0 Å². The molecule has 1 aromatic carbocycles. The van der Waals surface area contributed by atoms with Crippen LogP contribution in [0, 0.1) is 13.8 Å². The molecule has 0 aliphatic heterocycles. The Balaban J connectivity index is 2.35. The van der Waals surface area contributed by atoms with Gasteiger partial charge in [0.05, 0.1) is 13.2 Å². The third kappa shape index (κ3) is 3.41. The van der Waals surface area contributed by atoms with Gasteiger partial charge in [-0.1, -0.05) is 19.1 Å². The minimum absolute atomic E-state index is 0.245. The predicted molar refractivity (Wildman–Crippen MR) is 86.9 cm³/mol. The second kappa shape index (κ2) is 6.91. The van der Waals surface area contributed by atoms with E-state index in [1.807, 2.05) is 0 Å². The van der Waals surface area contributed by atoms with Crippen LogP contribution in [0.25, 0.3) is 0 Å². The Bertz CT molecular complexity index is 562. The monoisotopic (exact) mass is 289 g/mol. The first-order valence-electron chi connectivity index (χ1n) is 7.08. The minimum Gasteiger partial charge on any atom is -0.496 e. The lowest BCUT2D eigenvalue weighted by Crippen LogP contribution is -2.22. The van der Waals surface area contributed by atoms with Crippen molar-refractivity contribution in [3.8, 4) is 5.75 Å². The summed E-state index contributed by atoms with van der Waals surface area (Å²) in [7, 11) is 1.73. The predicted octanol–water partition coefficient (Wildman–Crippen LogP) is 4.46. The van der Waals surface area contributed by atoms with Gasteiger partial charge in [-0.3, -0.25) is 0 Å². The van der Waals surface area contributed by atoms with Gasteiger partial charge < -0.3 is 10.1 Å². The summed E-state index contributed by atoms with van der Waals surface area (Å²) in [6, 6.07) is 8.99. The van der Waals surface area contributed by atoms with Gasteiger partial charge >= 0.3 is 0 Å². The van der Waals surface area contributed by atoms with Crippen LogP contribution in [-0.2, 0) is 0 Å². The van der Waals surface area contributed by atoms with Crippen LogP contribution < -0.4 is 10.1 Å². The average molecular weight is 289 g/mol. The molecule has 1 N–H and O–H groups in total. The van der Waals surface area contributed by atoms with Crippen LogP contribution in [0.3, 0.4) is 0 Å². The van der Waals surface area contributed by atoms with Crippen molar-refractivity contribution >= 4 is 11.3 Å². The van der Waals surface area contributed by atoms with Crippen LogP contribution in [0.4, 0.5) is 0 Å². The van der Waals surface area contributed by atoms with Crippen molar-refractivity contribution in [2.24, 2.45) is 0 Å². The molecule has 20 heavy (non-hydrogen) atoms. The summed E-state index contributed by atoms with van der Waals surface area (Å²) in [6.45, 7) is 7.43. The van der Waals surface area contributed by atoms with Crippen LogP contribution in [0.5, 0.6) is 5.75 Å². The molecule has 0 fully saturated rings. The highest BCUT2D eigenvalue weighted by Gasteiger charge is 2.15. The summed E-state index contributed by atoms with van der Waals surface area (Å²) < 4.78 is 5.46. The first-order chi connectivity index (χ1) is 9.65. The zero-order valence-electron chi connectivity index (χ0n) is 12.7. The number of methoxy groups -OCH3 is 1. The molecule has 0 radical (unpaired) electrons. The van der Waals surface area contributed by atoms with Gasteiger partial charge in [0.2, 0.25) is 0 Å². The molecule has 0 bridgehead atoms. The van der Waals surface area contributed by atoms with Gasteiger partial charge in [0.1, 0.15) is 5.75 Å². The second-order valence-corrected chi connectivity index (χ2v) is 6.22. The molecule has 0 amide bonds. The van der Waals surface area contributed by atoms with Crippen molar-refractivity contribution in [2.75, 3.05) is 13.7 Å². The van der Waals surface area contributed by atoms with E-state index in [2.05, 4.69) is 55.7 Å². The molecule has 0 aliphatic rings. The van der Waals surface area contributed by atoms with Gasteiger partial charge in [0.25, 0.3) is 0 Å². The normalized spacial score (nSPS) is 12.4. The van der Waals surface area contributed by atoms with E-state index in [0.717, 1.165) is 18.7 Å². The van der Waals surface area contributed by atoms with Crippen LogP contribution in [-0.4, -0.2) is 13.7 Å². The summed E-state index contributed by atoms with van der Waals surface area (Å²) >= 11 is 1.80. The summed E-state index contributed by atoms with van der Waals surface area (Å²) in [5.74, 6) is 0.956. The molecule has 1 heterocycles. The minimum atomic E-state index is 0.245. The maximum Gasteiger partial charge on any atom is 0.122 e. The van der Waals surface area contributed by atoms with Crippen LogP contribution in [0.2, 0.25) is 0 Å². The van der Waals surface area contributed by atoms with E-state index in [9.17, 15) is 0 Å². The Kier molecular flexibility index (Phi) is 5.21. The van der Waals surface area contributed by atoms with E-state index in [1.165, 1.54) is 21.6 Å². The summed E-state index contributed by atoms with van der Waals surface area (Å²) in [5, 5.41) is 5.88. The molecule has 3 heteroatoms. The number of thiophene rings is 1. The van der Waals surface area contributed by atoms with Gasteiger partial charge in [0, 0.05) is 4.88 Å². The molecule has 1 unspecified atom stereocenters. The Labute approximate surface area is 125 Å². The Morgan fingerprint density at radius 2 is 2.00 bits per heavy atom. The maximum atomic E-state index is 5.46. The number of nitrogens with one attached hydrogen (secondary N) is 1. The molecular weight excluding hydrogens is 266 g/mol. The standard InChI is InChI=1S/C17H23NOS/c1-5-8-18-17(15-9-13(3)20-11-15)14-7-6-12(2)16(10-14)19-4/h6-7,9-11,17-18H,5,8H2,1-4H3. The van der Waals surface area contributed by atoms with Crippen LogP contribution in [0.15, 0.2) is 29.6 Å². The van der Waals surface area contributed by atoms with Crippen molar-refractivity contribution in [1.29, 1.82) is 0 Å². The third-order valence-corrected chi connectivity index (χ3v) is 4.33. The molecule has 108 valence electrons. The first-order valence-corrected chi connectivity index (χ1v) is 7.96. The highest BCUT2D eigenvalue weighted by molar-refractivity contribution is 7.10. The lowest BCUT2D eigenvalue weighted by Gasteiger charge is -2.19. The zero-order valence-corrected chi connectivity index (χ0v) is 13.5. The van der Waals surface area contributed by atoms with Crippen LogP contribution in [0.1, 0.15) is 41.0 Å². The number of hydrogen-bond acceptors (Lipinski definition) is 3. The van der Waals surface area contributed by atoms with Gasteiger partial charge in [-0.25, -0.2) is 0 Å². The van der Waals surface area contributed by atoms with Crippen molar-refractivity contribution in [3.05, 3.63) is 51.2 Å². The largest absolute Gasteiger partial charge is 0.496 e. The smallest absolute Gasteiger partial charge is 0.122 e. The number of benzene rings is 1. The Morgan fingerprint density at radius 3 is 2.60 bits per heavy atom. The fourth-order valence-electron chi connectivity index (χ4n) is 2.35. The Hall–Kier alpha value is -1.32. The SMILES string of the molecule is CCCNC(c1csc(C)c1)c1ccc(C)c(OC)c1. The molecule has 0 spiro atoms. The van der Waals surface area contributed by atoms with E-state index >= 15 is 0 Å². The summed E-state index contributed by atoms with van der Waals surface area (Å²) in [4.78, 5) is 1.35. The first kappa shape index (κ1) is 15.1. The summed E-state index contributed by atoms with van der Waals surface area (Å²) in [6.07, 6.45) is 1.13. The van der Waals surface area contributed by atoms with E-state index in [0.29, 0.717) is 0 Å². The molecule has 0 aliphatic carbocycles. The van der Waals surface area contributed by atoms with Gasteiger partial charge in [-0.05, 0) is 61.0 Å². The topological polar surface area (TPSA) is 21.3 Å². The molecule has 2 aromatic rings. The number of hydrogen-bond donors (Lipinski definition) is 1. The average Bonchev–Trinajstić information content (AvgIpc) is 2.87. The molecule has 2 nitrogen and oxygen atoms in total. The number of rotatable bonds is 6. The zero-order chi connectivity index (χ0) is 14.5. The van der Waals surface area contributed by atoms with Gasteiger partial charge in [-0.2, -0.15) is 0 Å². The number of aryl methyl sites for hydroxylation is 2. The van der Waals surface area contributed by atoms with E-state index in [-0.39, 0.29) is 6.04 Å². The molecule has 0 saturated heterocycles. The molecule has 2 rings (SSSR count). The highest BCUT2D eigenvalue weighted by atomic mass is 32.1. The highest BCUT2D eigenvalue weighted by Crippen LogP contribution is 2.29. The van der Waals surface area contributed by atoms with Crippen LogP contribution >= 0.6 is 11.3 Å². The lowest BCUT2D eigenvalue weighted by atomic mass is 9.99. The fourth-order valence-corrected chi connectivity index (χ4v) is 3.08. The van der Waals surface area contributed by atoms with E-state index < -0.39 is 0 Å². The maximum absolute atomic E-state index is 5.46. The molecule has 0 saturated carbocycles. The Morgan fingerprint density at radius 1 is 1.20 bits per heavy atom. The second-order valence-electron chi connectivity index (χ2n) is 5.11. The van der Waals surface area contributed by atoms with Crippen molar-refractivity contribution in [2.45, 2.75) is 33.2 Å². The van der Waals surface area contributed by atoms with Gasteiger partial charge in [-0.15, -0.1) is 11.3 Å². The van der Waals surface area contributed by atoms with E-state index in [4.69, 9.17) is 4.74 Å². The molecule has 1 atom stereocenters. The number of ether oxygens (including phenoxy) is 1. The third-order valence-electron chi connectivity index (χ3n) is 3.45. The van der Waals surface area contributed by atoms with E-state index in [1.54, 1.807) is 18.4 Å². The summed E-state index contributed by atoms with van der Waals surface area (Å²) in [5.41, 5.74) is 3.78. The fraction of sp³-hybridized carbons (Fsp3) is 0.412. The van der Waals surface area contributed by atoms with Crippen molar-refractivity contribution < 1.29 is 4.74 Å². The quantitative estimate of drug-likeness (QED) is 0.847. The lowest BCUT2D eigenvalue weighted by molar-refractivity contribution is 0.410. The molecule has 1 aromatic heterocycles. The van der Waals surface area contributed by atoms with Gasteiger partial charge in [0.15, 0.2) is 0 Å². The molecular formula is C17H23NOS. The van der Waals surface area contributed by atoms with Crippen molar-refractivity contribution in [1.82, 2.24) is 5.32 Å².